The van der Waals surface area contributed by atoms with Crippen LogP contribution >= 0.6 is 11.8 Å². The number of hydrogen-bond donors (Lipinski definition) is 1. The summed E-state index contributed by atoms with van der Waals surface area (Å²) in [6.45, 7) is 0. The molecule has 0 heterocycles. The molecule has 96 valence electrons. The van der Waals surface area contributed by atoms with Crippen LogP contribution in [0.25, 0.3) is 0 Å². The van der Waals surface area contributed by atoms with Crippen LogP contribution in [0, 0.1) is 11.8 Å². The molecule has 0 aromatic heterocycles. The normalized spacial score (nSPS) is 29.4. The van der Waals surface area contributed by atoms with E-state index in [1.165, 1.54) is 30.6 Å². The van der Waals surface area contributed by atoms with Crippen LogP contribution in [0.15, 0.2) is 35.2 Å². The first-order valence-electron chi connectivity index (χ1n) is 6.78. The highest BCUT2D eigenvalue weighted by Crippen LogP contribution is 2.44. The van der Waals surface area contributed by atoms with E-state index >= 15 is 0 Å². The van der Waals surface area contributed by atoms with Gasteiger partial charge in [0.2, 0.25) is 5.91 Å². The maximum atomic E-state index is 11.9. The molecule has 2 bridgehead atoms. The third-order valence-corrected chi connectivity index (χ3v) is 5.21. The van der Waals surface area contributed by atoms with Crippen molar-refractivity contribution in [1.82, 2.24) is 5.32 Å². The van der Waals surface area contributed by atoms with Crippen molar-refractivity contribution in [3.63, 3.8) is 0 Å². The summed E-state index contributed by atoms with van der Waals surface area (Å²) >= 11 is 1.62. The lowest BCUT2D eigenvalue weighted by molar-refractivity contribution is -0.119. The molecule has 2 aliphatic rings. The molecule has 3 heteroatoms. The fourth-order valence-corrected chi connectivity index (χ4v) is 4.07. The molecule has 1 aromatic rings. The summed E-state index contributed by atoms with van der Waals surface area (Å²) in [7, 11) is 0. The van der Waals surface area contributed by atoms with Crippen molar-refractivity contribution in [2.24, 2.45) is 11.8 Å². The fourth-order valence-electron chi connectivity index (χ4n) is 3.34. The number of fused-ring (bicyclic) bond motifs is 2. The first kappa shape index (κ1) is 12.1. The molecule has 1 N–H and O–H groups in total. The maximum absolute atomic E-state index is 11.9. The Morgan fingerprint density at radius 3 is 2.72 bits per heavy atom. The molecule has 0 saturated heterocycles. The monoisotopic (exact) mass is 261 g/mol. The molecule has 2 fully saturated rings. The summed E-state index contributed by atoms with van der Waals surface area (Å²) in [5.41, 5.74) is 0. The van der Waals surface area contributed by atoms with E-state index in [0.29, 0.717) is 11.8 Å². The number of nitrogens with one attached hydrogen (secondary N) is 1. The van der Waals surface area contributed by atoms with E-state index < -0.39 is 0 Å². The predicted octanol–water partition coefficient (Wildman–Crippen LogP) is 3.08. The lowest BCUT2D eigenvalue weighted by Gasteiger charge is -2.22. The van der Waals surface area contributed by atoms with Crippen LogP contribution in [0.2, 0.25) is 0 Å². The van der Waals surface area contributed by atoms with E-state index in [1.54, 1.807) is 11.8 Å². The van der Waals surface area contributed by atoms with Gasteiger partial charge in [-0.15, -0.1) is 11.8 Å². The number of hydrogen-bond acceptors (Lipinski definition) is 2. The zero-order valence-electron chi connectivity index (χ0n) is 10.5. The van der Waals surface area contributed by atoms with Gasteiger partial charge < -0.3 is 5.32 Å². The number of rotatable bonds is 4. The van der Waals surface area contributed by atoms with Crippen molar-refractivity contribution in [1.29, 1.82) is 0 Å². The second-order valence-electron chi connectivity index (χ2n) is 5.45. The van der Waals surface area contributed by atoms with Gasteiger partial charge in [-0.1, -0.05) is 24.6 Å². The molecule has 0 spiro atoms. The Bertz CT molecular complexity index is 420. The van der Waals surface area contributed by atoms with E-state index in [1.807, 2.05) is 18.2 Å². The molecular formula is C15H19NOS. The van der Waals surface area contributed by atoms with Gasteiger partial charge in [0, 0.05) is 10.9 Å². The van der Waals surface area contributed by atoms with E-state index in [4.69, 9.17) is 0 Å². The van der Waals surface area contributed by atoms with Crippen LogP contribution in [-0.4, -0.2) is 17.7 Å². The summed E-state index contributed by atoms with van der Waals surface area (Å²) in [5.74, 6) is 2.39. The average molecular weight is 261 g/mol. The van der Waals surface area contributed by atoms with Crippen molar-refractivity contribution >= 4 is 17.7 Å². The van der Waals surface area contributed by atoms with Gasteiger partial charge in [-0.25, -0.2) is 0 Å². The molecule has 0 radical (unpaired) electrons. The number of benzene rings is 1. The van der Waals surface area contributed by atoms with Gasteiger partial charge in [0.15, 0.2) is 0 Å². The topological polar surface area (TPSA) is 29.1 Å². The van der Waals surface area contributed by atoms with Crippen LogP contribution < -0.4 is 5.32 Å². The molecule has 3 atom stereocenters. The summed E-state index contributed by atoms with van der Waals surface area (Å²) in [5, 5.41) is 3.22. The van der Waals surface area contributed by atoms with Gasteiger partial charge in [0.25, 0.3) is 0 Å². The third kappa shape index (κ3) is 2.72. The van der Waals surface area contributed by atoms with Gasteiger partial charge >= 0.3 is 0 Å². The Morgan fingerprint density at radius 1 is 1.22 bits per heavy atom. The van der Waals surface area contributed by atoms with Gasteiger partial charge in [0.05, 0.1) is 5.75 Å². The molecular weight excluding hydrogens is 242 g/mol. The van der Waals surface area contributed by atoms with Crippen LogP contribution in [-0.2, 0) is 4.79 Å². The zero-order valence-corrected chi connectivity index (χ0v) is 11.3. The number of carbonyl (C=O) groups is 1. The Morgan fingerprint density at radius 2 is 2.06 bits per heavy atom. The lowest BCUT2D eigenvalue weighted by atomic mass is 9.95. The highest BCUT2D eigenvalue weighted by molar-refractivity contribution is 8.00. The zero-order chi connectivity index (χ0) is 12.4. The molecule has 3 rings (SSSR count). The van der Waals surface area contributed by atoms with Crippen molar-refractivity contribution in [2.45, 2.75) is 36.6 Å². The van der Waals surface area contributed by atoms with E-state index in [0.717, 1.165) is 11.8 Å². The number of amides is 1. The van der Waals surface area contributed by atoms with Crippen molar-refractivity contribution in [3.05, 3.63) is 30.3 Å². The van der Waals surface area contributed by atoms with Crippen LogP contribution in [0.4, 0.5) is 0 Å². The second kappa shape index (κ2) is 5.35. The second-order valence-corrected chi connectivity index (χ2v) is 6.50. The summed E-state index contributed by atoms with van der Waals surface area (Å²) in [6, 6.07) is 10.6. The Hall–Kier alpha value is -0.960. The Labute approximate surface area is 113 Å². The van der Waals surface area contributed by atoms with Gasteiger partial charge in [-0.2, -0.15) is 0 Å². The molecule has 0 aliphatic heterocycles. The summed E-state index contributed by atoms with van der Waals surface area (Å²) in [4.78, 5) is 13.1. The van der Waals surface area contributed by atoms with E-state index in [9.17, 15) is 4.79 Å². The van der Waals surface area contributed by atoms with Gasteiger partial charge in [-0.05, 0) is 43.2 Å². The summed E-state index contributed by atoms with van der Waals surface area (Å²) in [6.07, 6.45) is 5.26. The SMILES string of the molecule is O=C(CSc1ccccc1)N[C@@H]1C[C@H]2CC[C@@H]1C2. The van der Waals surface area contributed by atoms with Crippen LogP contribution in [0.3, 0.4) is 0 Å². The smallest absolute Gasteiger partial charge is 0.230 e. The lowest BCUT2D eigenvalue weighted by Crippen LogP contribution is -2.39. The maximum Gasteiger partial charge on any atom is 0.230 e. The molecule has 2 saturated carbocycles. The first-order chi connectivity index (χ1) is 8.81. The third-order valence-electron chi connectivity index (χ3n) is 4.20. The molecule has 1 amide bonds. The highest BCUT2D eigenvalue weighted by Gasteiger charge is 2.39. The largest absolute Gasteiger partial charge is 0.352 e. The average Bonchev–Trinajstić information content (AvgIpc) is 3.00. The van der Waals surface area contributed by atoms with E-state index in [2.05, 4.69) is 17.4 Å². The minimum Gasteiger partial charge on any atom is -0.352 e. The van der Waals surface area contributed by atoms with Crippen molar-refractivity contribution < 1.29 is 4.79 Å². The molecule has 0 unspecified atom stereocenters. The highest BCUT2D eigenvalue weighted by atomic mass is 32.2. The van der Waals surface area contributed by atoms with Crippen molar-refractivity contribution in [2.75, 3.05) is 5.75 Å². The molecule has 2 aliphatic carbocycles. The fraction of sp³-hybridized carbons (Fsp3) is 0.533. The molecule has 18 heavy (non-hydrogen) atoms. The van der Waals surface area contributed by atoms with Crippen LogP contribution in [0.1, 0.15) is 25.7 Å². The number of thioether (sulfide) groups is 1. The molecule has 2 nitrogen and oxygen atoms in total. The predicted molar refractivity (Wildman–Crippen MR) is 74.5 cm³/mol. The number of carbonyl (C=O) groups excluding carboxylic acids is 1. The molecule has 1 aromatic carbocycles. The van der Waals surface area contributed by atoms with E-state index in [-0.39, 0.29) is 5.91 Å². The van der Waals surface area contributed by atoms with Crippen molar-refractivity contribution in [3.8, 4) is 0 Å². The first-order valence-corrected chi connectivity index (χ1v) is 7.77. The standard InChI is InChI=1S/C15H19NOS/c17-15(10-18-13-4-2-1-3-5-13)16-14-9-11-6-7-12(14)8-11/h1-5,11-12,14H,6-10H2,(H,16,17)/t11-,12+,14+/m0/s1. The minimum atomic E-state index is 0.196. The van der Waals surface area contributed by atoms with Crippen LogP contribution in [0.5, 0.6) is 0 Å². The minimum absolute atomic E-state index is 0.196. The quantitative estimate of drug-likeness (QED) is 0.844. The Kier molecular flexibility index (Phi) is 3.59. The van der Waals surface area contributed by atoms with Gasteiger partial charge in [0.1, 0.15) is 0 Å². The van der Waals surface area contributed by atoms with Gasteiger partial charge in [-0.3, -0.25) is 4.79 Å². The Balaban J connectivity index is 1.45. The summed E-state index contributed by atoms with van der Waals surface area (Å²) < 4.78 is 0.